The van der Waals surface area contributed by atoms with Gasteiger partial charge >= 0.3 is 0 Å². The zero-order valence-corrected chi connectivity index (χ0v) is 10.8. The molecule has 3 heterocycles. The summed E-state index contributed by atoms with van der Waals surface area (Å²) in [4.78, 5) is 11.6. The summed E-state index contributed by atoms with van der Waals surface area (Å²) in [6, 6.07) is 8.29. The van der Waals surface area contributed by atoms with Gasteiger partial charge in [-0.1, -0.05) is 29.5 Å². The van der Waals surface area contributed by atoms with Crippen LogP contribution in [0.3, 0.4) is 0 Å². The molecule has 0 atom stereocenters. The van der Waals surface area contributed by atoms with Crippen LogP contribution in [0.2, 0.25) is 0 Å². The molecule has 4 rings (SSSR count). The van der Waals surface area contributed by atoms with Crippen LogP contribution in [-0.4, -0.2) is 23.1 Å². The smallest absolute Gasteiger partial charge is 0.186 e. The fourth-order valence-electron chi connectivity index (χ4n) is 2.55. The van der Waals surface area contributed by atoms with Gasteiger partial charge in [-0.3, -0.25) is 4.98 Å². The van der Waals surface area contributed by atoms with Crippen molar-refractivity contribution in [2.45, 2.75) is 12.8 Å². The first-order valence-electron chi connectivity index (χ1n) is 6.31. The normalized spacial score (nSPS) is 15.9. The van der Waals surface area contributed by atoms with E-state index in [1.807, 2.05) is 12.3 Å². The van der Waals surface area contributed by atoms with Crippen LogP contribution < -0.4 is 4.90 Å². The highest BCUT2D eigenvalue weighted by molar-refractivity contribution is 7.23. The number of nitrogens with zero attached hydrogens (tertiary/aromatic N) is 3. The average molecular weight is 255 g/mol. The summed E-state index contributed by atoms with van der Waals surface area (Å²) in [5.41, 5.74) is 2.09. The first kappa shape index (κ1) is 10.3. The SMILES string of the molecule is c1ccc2c(c1)ncc1nc(N3CCCC3)sc12. The molecule has 0 saturated carbocycles. The molecule has 1 aliphatic heterocycles. The Balaban J connectivity index is 1.95. The predicted molar refractivity (Wildman–Crippen MR) is 76.4 cm³/mol. The highest BCUT2D eigenvalue weighted by atomic mass is 32.1. The second-order valence-electron chi connectivity index (χ2n) is 4.68. The van der Waals surface area contributed by atoms with E-state index in [2.05, 4.69) is 28.1 Å². The average Bonchev–Trinajstić information content (AvgIpc) is 3.07. The molecule has 3 nitrogen and oxygen atoms in total. The van der Waals surface area contributed by atoms with Crippen molar-refractivity contribution in [3.8, 4) is 0 Å². The third-order valence-electron chi connectivity index (χ3n) is 3.49. The van der Waals surface area contributed by atoms with E-state index < -0.39 is 0 Å². The molecule has 0 unspecified atom stereocenters. The molecular formula is C14H13N3S. The van der Waals surface area contributed by atoms with E-state index in [9.17, 15) is 0 Å². The number of thiazole rings is 1. The molecule has 0 radical (unpaired) electrons. The molecule has 90 valence electrons. The number of fused-ring (bicyclic) bond motifs is 3. The van der Waals surface area contributed by atoms with Crippen molar-refractivity contribution in [2.75, 3.05) is 18.0 Å². The first-order valence-corrected chi connectivity index (χ1v) is 7.13. The van der Waals surface area contributed by atoms with Crippen LogP contribution in [0.4, 0.5) is 5.13 Å². The number of aromatic nitrogens is 2. The maximum atomic E-state index is 4.73. The Labute approximate surface area is 109 Å². The molecule has 4 heteroatoms. The fourth-order valence-corrected chi connectivity index (χ4v) is 3.68. The topological polar surface area (TPSA) is 29.0 Å². The molecule has 0 spiro atoms. The third kappa shape index (κ3) is 1.49. The lowest BCUT2D eigenvalue weighted by Gasteiger charge is -2.11. The molecule has 3 aromatic rings. The molecule has 18 heavy (non-hydrogen) atoms. The van der Waals surface area contributed by atoms with Crippen molar-refractivity contribution in [1.82, 2.24) is 9.97 Å². The molecule has 0 bridgehead atoms. The highest BCUT2D eigenvalue weighted by Gasteiger charge is 2.17. The quantitative estimate of drug-likeness (QED) is 0.667. The van der Waals surface area contributed by atoms with E-state index in [-0.39, 0.29) is 0 Å². The van der Waals surface area contributed by atoms with Crippen molar-refractivity contribution in [3.63, 3.8) is 0 Å². The summed E-state index contributed by atoms with van der Waals surface area (Å²) in [6.07, 6.45) is 4.47. The maximum absolute atomic E-state index is 4.73. The first-order chi connectivity index (χ1) is 8.92. The summed E-state index contributed by atoms with van der Waals surface area (Å²) < 4.78 is 1.27. The van der Waals surface area contributed by atoms with Crippen molar-refractivity contribution >= 4 is 37.6 Å². The summed E-state index contributed by atoms with van der Waals surface area (Å²) in [5.74, 6) is 0. The largest absolute Gasteiger partial charge is 0.348 e. The fraction of sp³-hybridized carbons (Fsp3) is 0.286. The minimum Gasteiger partial charge on any atom is -0.348 e. The number of rotatable bonds is 1. The number of anilines is 1. The van der Waals surface area contributed by atoms with Crippen molar-refractivity contribution in [2.24, 2.45) is 0 Å². The van der Waals surface area contributed by atoms with Gasteiger partial charge < -0.3 is 4.90 Å². The second kappa shape index (κ2) is 3.92. The monoisotopic (exact) mass is 255 g/mol. The number of pyridine rings is 1. The number of benzene rings is 1. The van der Waals surface area contributed by atoms with Crippen LogP contribution in [0.15, 0.2) is 30.5 Å². The van der Waals surface area contributed by atoms with Gasteiger partial charge in [-0.25, -0.2) is 4.98 Å². The third-order valence-corrected chi connectivity index (χ3v) is 4.66. The molecule has 0 amide bonds. The van der Waals surface area contributed by atoms with Crippen LogP contribution in [0, 0.1) is 0 Å². The van der Waals surface area contributed by atoms with Gasteiger partial charge in [0.2, 0.25) is 0 Å². The van der Waals surface area contributed by atoms with Gasteiger partial charge in [-0.15, -0.1) is 0 Å². The highest BCUT2D eigenvalue weighted by Crippen LogP contribution is 2.34. The maximum Gasteiger partial charge on any atom is 0.186 e. The molecule has 1 aliphatic rings. The lowest BCUT2D eigenvalue weighted by molar-refractivity contribution is 0.949. The Morgan fingerprint density at radius 2 is 1.89 bits per heavy atom. The second-order valence-corrected chi connectivity index (χ2v) is 5.66. The zero-order chi connectivity index (χ0) is 11.9. The van der Waals surface area contributed by atoms with E-state index in [4.69, 9.17) is 4.98 Å². The van der Waals surface area contributed by atoms with E-state index in [0.717, 1.165) is 29.3 Å². The van der Waals surface area contributed by atoms with Crippen LogP contribution in [0.25, 0.3) is 21.1 Å². The Hall–Kier alpha value is -1.68. The number of hydrogen-bond acceptors (Lipinski definition) is 4. The van der Waals surface area contributed by atoms with Gasteiger partial charge in [-0.05, 0) is 18.9 Å². The predicted octanol–water partition coefficient (Wildman–Crippen LogP) is 3.44. The van der Waals surface area contributed by atoms with Crippen molar-refractivity contribution < 1.29 is 0 Å². The van der Waals surface area contributed by atoms with Crippen LogP contribution in [0.5, 0.6) is 0 Å². The summed E-state index contributed by atoms with van der Waals surface area (Å²) in [5, 5.41) is 2.37. The van der Waals surface area contributed by atoms with Crippen LogP contribution in [0.1, 0.15) is 12.8 Å². The minimum atomic E-state index is 1.03. The molecule has 0 N–H and O–H groups in total. The molecule has 1 fully saturated rings. The van der Waals surface area contributed by atoms with Crippen molar-refractivity contribution in [3.05, 3.63) is 30.5 Å². The summed E-state index contributed by atoms with van der Waals surface area (Å²) >= 11 is 1.80. The molecule has 2 aromatic heterocycles. The van der Waals surface area contributed by atoms with E-state index >= 15 is 0 Å². The van der Waals surface area contributed by atoms with Crippen LogP contribution >= 0.6 is 11.3 Å². The number of hydrogen-bond donors (Lipinski definition) is 0. The molecule has 1 aromatic carbocycles. The van der Waals surface area contributed by atoms with Crippen molar-refractivity contribution in [1.29, 1.82) is 0 Å². The van der Waals surface area contributed by atoms with E-state index in [1.54, 1.807) is 11.3 Å². The summed E-state index contributed by atoms with van der Waals surface area (Å²) in [7, 11) is 0. The standard InChI is InChI=1S/C14H13N3S/c1-2-6-11-10(5-1)13-12(9-15-11)16-14(18-13)17-7-3-4-8-17/h1-2,5-6,9H,3-4,7-8H2. The Kier molecular flexibility index (Phi) is 2.23. The van der Waals surface area contributed by atoms with Gasteiger partial charge in [0, 0.05) is 18.5 Å². The number of para-hydroxylation sites is 1. The summed E-state index contributed by atoms with van der Waals surface area (Å²) in [6.45, 7) is 2.29. The zero-order valence-electron chi connectivity index (χ0n) is 9.97. The molecule has 0 aliphatic carbocycles. The van der Waals surface area contributed by atoms with Gasteiger partial charge in [0.25, 0.3) is 0 Å². The molecular weight excluding hydrogens is 242 g/mol. The lowest BCUT2D eigenvalue weighted by Crippen LogP contribution is -2.16. The Morgan fingerprint density at radius 1 is 1.06 bits per heavy atom. The lowest BCUT2D eigenvalue weighted by atomic mass is 10.2. The van der Waals surface area contributed by atoms with Gasteiger partial charge in [-0.2, -0.15) is 0 Å². The van der Waals surface area contributed by atoms with Crippen LogP contribution in [-0.2, 0) is 0 Å². The van der Waals surface area contributed by atoms with Gasteiger partial charge in [0.1, 0.15) is 5.52 Å². The van der Waals surface area contributed by atoms with E-state index in [0.29, 0.717) is 0 Å². The minimum absolute atomic E-state index is 1.03. The van der Waals surface area contributed by atoms with Gasteiger partial charge in [0.15, 0.2) is 5.13 Å². The van der Waals surface area contributed by atoms with E-state index in [1.165, 1.54) is 22.9 Å². The Morgan fingerprint density at radius 3 is 2.78 bits per heavy atom. The Bertz CT molecular complexity index is 713. The van der Waals surface area contributed by atoms with Gasteiger partial charge in [0.05, 0.1) is 16.4 Å². The molecule has 1 saturated heterocycles.